The SMILES string of the molecule is CCOC(=O)CN1CCN(CC=CC(=O)Nc2cc3cncnc3cc2OCC2CC2)CC1. The second kappa shape index (κ2) is 11.2. The number of aromatic nitrogens is 2. The second-order valence-corrected chi connectivity index (χ2v) is 8.46. The molecular weight excluding hydrogens is 422 g/mol. The number of benzene rings is 1. The number of nitrogens with zero attached hydrogens (tertiary/aromatic N) is 4. The molecule has 176 valence electrons. The Morgan fingerprint density at radius 1 is 1.18 bits per heavy atom. The fourth-order valence-corrected chi connectivity index (χ4v) is 3.72. The summed E-state index contributed by atoms with van der Waals surface area (Å²) in [6.45, 7) is 7.18. The summed E-state index contributed by atoms with van der Waals surface area (Å²) in [5.74, 6) is 0.853. The number of amides is 1. The van der Waals surface area contributed by atoms with Crippen molar-refractivity contribution in [2.24, 2.45) is 5.92 Å². The third-order valence-corrected chi connectivity index (χ3v) is 5.79. The summed E-state index contributed by atoms with van der Waals surface area (Å²) >= 11 is 0. The van der Waals surface area contributed by atoms with Crippen molar-refractivity contribution in [3.8, 4) is 5.75 Å². The van der Waals surface area contributed by atoms with Crippen molar-refractivity contribution in [1.82, 2.24) is 19.8 Å². The molecule has 1 aromatic carbocycles. The van der Waals surface area contributed by atoms with Crippen LogP contribution in [0.25, 0.3) is 10.9 Å². The van der Waals surface area contributed by atoms with Crippen LogP contribution in [-0.4, -0.2) is 84.1 Å². The summed E-state index contributed by atoms with van der Waals surface area (Å²) in [6.07, 6.45) is 9.03. The molecule has 1 aromatic heterocycles. The van der Waals surface area contributed by atoms with Crippen molar-refractivity contribution in [1.29, 1.82) is 0 Å². The molecule has 1 aliphatic carbocycles. The lowest BCUT2D eigenvalue weighted by molar-refractivity contribution is -0.144. The molecule has 4 rings (SSSR count). The Hall–Kier alpha value is -3.04. The number of hydrogen-bond donors (Lipinski definition) is 1. The summed E-state index contributed by atoms with van der Waals surface area (Å²) in [5.41, 5.74) is 1.41. The Morgan fingerprint density at radius 3 is 2.73 bits per heavy atom. The molecule has 0 unspecified atom stereocenters. The van der Waals surface area contributed by atoms with E-state index in [1.165, 1.54) is 19.2 Å². The summed E-state index contributed by atoms with van der Waals surface area (Å²) < 4.78 is 11.0. The molecule has 2 aliphatic rings. The van der Waals surface area contributed by atoms with Gasteiger partial charge >= 0.3 is 5.97 Å². The molecule has 2 heterocycles. The number of nitrogens with one attached hydrogen (secondary N) is 1. The number of fused-ring (bicyclic) bond motifs is 1. The van der Waals surface area contributed by atoms with Crippen molar-refractivity contribution in [3.05, 3.63) is 36.8 Å². The van der Waals surface area contributed by atoms with Crippen LogP contribution < -0.4 is 10.1 Å². The molecule has 1 aliphatic heterocycles. The van der Waals surface area contributed by atoms with Crippen LogP contribution in [0.4, 0.5) is 5.69 Å². The van der Waals surface area contributed by atoms with E-state index < -0.39 is 0 Å². The third kappa shape index (κ3) is 6.97. The van der Waals surface area contributed by atoms with Gasteiger partial charge in [0.2, 0.25) is 5.91 Å². The maximum atomic E-state index is 12.6. The fourth-order valence-electron chi connectivity index (χ4n) is 3.72. The number of hydrogen-bond acceptors (Lipinski definition) is 8. The highest BCUT2D eigenvalue weighted by Gasteiger charge is 2.23. The van der Waals surface area contributed by atoms with Crippen LogP contribution in [0.2, 0.25) is 0 Å². The van der Waals surface area contributed by atoms with Crippen LogP contribution in [0.3, 0.4) is 0 Å². The number of anilines is 1. The van der Waals surface area contributed by atoms with E-state index in [4.69, 9.17) is 9.47 Å². The van der Waals surface area contributed by atoms with Gasteiger partial charge in [0, 0.05) is 56.4 Å². The molecule has 33 heavy (non-hydrogen) atoms. The average molecular weight is 454 g/mol. The van der Waals surface area contributed by atoms with E-state index in [1.54, 1.807) is 12.3 Å². The number of ether oxygens (including phenoxy) is 2. The monoisotopic (exact) mass is 453 g/mol. The smallest absolute Gasteiger partial charge is 0.320 e. The summed E-state index contributed by atoms with van der Waals surface area (Å²) in [7, 11) is 0. The molecule has 9 heteroatoms. The largest absolute Gasteiger partial charge is 0.491 e. The van der Waals surface area contributed by atoms with Gasteiger partial charge in [-0.05, 0) is 31.7 Å². The van der Waals surface area contributed by atoms with E-state index in [0.29, 0.717) is 43.7 Å². The van der Waals surface area contributed by atoms with E-state index in [1.807, 2.05) is 25.1 Å². The van der Waals surface area contributed by atoms with Gasteiger partial charge in [-0.25, -0.2) is 9.97 Å². The number of carbonyl (C=O) groups excluding carboxylic acids is 2. The van der Waals surface area contributed by atoms with Crippen LogP contribution in [0.5, 0.6) is 5.75 Å². The van der Waals surface area contributed by atoms with Crippen molar-refractivity contribution in [3.63, 3.8) is 0 Å². The highest BCUT2D eigenvalue weighted by atomic mass is 16.5. The van der Waals surface area contributed by atoms with Gasteiger partial charge in [0.25, 0.3) is 0 Å². The Kier molecular flexibility index (Phi) is 7.85. The molecule has 1 saturated heterocycles. The van der Waals surface area contributed by atoms with Crippen LogP contribution in [0, 0.1) is 5.92 Å². The van der Waals surface area contributed by atoms with Gasteiger partial charge in [-0.3, -0.25) is 19.4 Å². The summed E-state index contributed by atoms with van der Waals surface area (Å²) in [6, 6.07) is 3.71. The Balaban J connectivity index is 1.28. The van der Waals surface area contributed by atoms with Crippen molar-refractivity contribution in [2.75, 3.05) is 57.8 Å². The highest BCUT2D eigenvalue weighted by molar-refractivity contribution is 6.02. The van der Waals surface area contributed by atoms with E-state index in [9.17, 15) is 9.59 Å². The fraction of sp³-hybridized carbons (Fsp3) is 0.500. The topological polar surface area (TPSA) is 96.9 Å². The van der Waals surface area contributed by atoms with Gasteiger partial charge in [0.05, 0.1) is 31.0 Å². The molecule has 1 amide bonds. The zero-order chi connectivity index (χ0) is 23.0. The summed E-state index contributed by atoms with van der Waals surface area (Å²) in [4.78, 5) is 36.9. The van der Waals surface area contributed by atoms with Crippen LogP contribution in [0.1, 0.15) is 19.8 Å². The van der Waals surface area contributed by atoms with E-state index in [0.717, 1.165) is 37.1 Å². The number of carbonyl (C=O) groups is 2. The first-order valence-corrected chi connectivity index (χ1v) is 11.5. The van der Waals surface area contributed by atoms with Gasteiger partial charge in [-0.15, -0.1) is 0 Å². The van der Waals surface area contributed by atoms with Crippen LogP contribution >= 0.6 is 0 Å². The lowest BCUT2D eigenvalue weighted by Gasteiger charge is -2.33. The van der Waals surface area contributed by atoms with Gasteiger partial charge in [0.1, 0.15) is 12.1 Å². The zero-order valence-corrected chi connectivity index (χ0v) is 19.0. The third-order valence-electron chi connectivity index (χ3n) is 5.79. The van der Waals surface area contributed by atoms with Gasteiger partial charge in [-0.2, -0.15) is 0 Å². The number of rotatable bonds is 10. The molecule has 9 nitrogen and oxygen atoms in total. The summed E-state index contributed by atoms with van der Waals surface area (Å²) in [5, 5.41) is 3.78. The molecule has 0 atom stereocenters. The standard InChI is InChI=1S/C24H31N5O4/c1-2-32-24(31)15-29-10-8-28(9-11-29)7-3-4-23(30)27-21-12-19-14-25-17-26-20(19)13-22(21)33-16-18-5-6-18/h3-4,12-14,17-18H,2,5-11,15-16H2,1H3,(H,27,30). The molecular formula is C24H31N5O4. The van der Waals surface area contributed by atoms with Crippen molar-refractivity contribution < 1.29 is 19.1 Å². The molecule has 0 bridgehead atoms. The first kappa shape index (κ1) is 23.1. The molecule has 1 saturated carbocycles. The van der Waals surface area contributed by atoms with Gasteiger partial charge in [-0.1, -0.05) is 6.08 Å². The molecule has 0 radical (unpaired) electrons. The van der Waals surface area contributed by atoms with E-state index in [-0.39, 0.29) is 11.9 Å². The lowest BCUT2D eigenvalue weighted by Crippen LogP contribution is -2.48. The Labute approximate surface area is 193 Å². The highest BCUT2D eigenvalue weighted by Crippen LogP contribution is 2.33. The minimum absolute atomic E-state index is 0.178. The quantitative estimate of drug-likeness (QED) is 0.432. The average Bonchev–Trinajstić information content (AvgIpc) is 3.63. The van der Waals surface area contributed by atoms with Crippen molar-refractivity contribution >= 4 is 28.5 Å². The molecule has 2 fully saturated rings. The molecule has 2 aromatic rings. The van der Waals surface area contributed by atoms with E-state index in [2.05, 4.69) is 25.1 Å². The number of esters is 1. The minimum atomic E-state index is -0.205. The maximum absolute atomic E-state index is 12.6. The van der Waals surface area contributed by atoms with Crippen molar-refractivity contribution in [2.45, 2.75) is 19.8 Å². The zero-order valence-electron chi connectivity index (χ0n) is 19.0. The van der Waals surface area contributed by atoms with Crippen LogP contribution in [-0.2, 0) is 14.3 Å². The second-order valence-electron chi connectivity index (χ2n) is 8.46. The predicted octanol–water partition coefficient (Wildman–Crippen LogP) is 2.09. The Bertz CT molecular complexity index is 1000. The normalized spacial score (nSPS) is 17.4. The minimum Gasteiger partial charge on any atom is -0.491 e. The first-order valence-electron chi connectivity index (χ1n) is 11.5. The molecule has 0 spiro atoms. The van der Waals surface area contributed by atoms with E-state index >= 15 is 0 Å². The van der Waals surface area contributed by atoms with Gasteiger partial charge in [0.15, 0.2) is 0 Å². The Morgan fingerprint density at radius 2 is 1.97 bits per heavy atom. The van der Waals surface area contributed by atoms with Gasteiger partial charge < -0.3 is 14.8 Å². The van der Waals surface area contributed by atoms with Crippen LogP contribution in [0.15, 0.2) is 36.8 Å². The number of piperazine rings is 1. The predicted molar refractivity (Wildman–Crippen MR) is 125 cm³/mol. The first-order chi connectivity index (χ1) is 16.1. The maximum Gasteiger partial charge on any atom is 0.320 e. The lowest BCUT2D eigenvalue weighted by atomic mass is 10.2. The molecule has 1 N–H and O–H groups in total.